The number of carbonyl (C=O) groups excluding carboxylic acids is 1. The number of terminal acetylenes is 1. The topological polar surface area (TPSA) is 41.1 Å². The molecular formula is C12H22N2O. The molecule has 0 saturated heterocycles. The highest BCUT2D eigenvalue weighted by molar-refractivity contribution is 5.78. The van der Waals surface area contributed by atoms with Gasteiger partial charge in [0.25, 0.3) is 0 Å². The largest absolute Gasteiger partial charge is 0.355 e. The van der Waals surface area contributed by atoms with E-state index in [1.807, 2.05) is 6.92 Å². The van der Waals surface area contributed by atoms with E-state index in [1.165, 1.54) is 0 Å². The minimum atomic E-state index is 0.000786. The Morgan fingerprint density at radius 2 is 2.13 bits per heavy atom. The molecule has 0 radical (unpaired) electrons. The van der Waals surface area contributed by atoms with Crippen LogP contribution in [0.25, 0.3) is 0 Å². The van der Waals surface area contributed by atoms with Gasteiger partial charge in [-0.1, -0.05) is 26.7 Å². The Bertz CT molecular complexity index is 218. The number of carbonyl (C=O) groups is 1. The van der Waals surface area contributed by atoms with Gasteiger partial charge >= 0.3 is 0 Å². The lowest BCUT2D eigenvalue weighted by Gasteiger charge is -2.11. The van der Waals surface area contributed by atoms with E-state index in [9.17, 15) is 4.79 Å². The fourth-order valence-electron chi connectivity index (χ4n) is 1.10. The second-order valence-corrected chi connectivity index (χ2v) is 4.04. The predicted molar refractivity (Wildman–Crippen MR) is 63.4 cm³/mol. The quantitative estimate of drug-likeness (QED) is 0.619. The van der Waals surface area contributed by atoms with Crippen LogP contribution >= 0.6 is 0 Å². The molecule has 0 aliphatic carbocycles. The standard InChI is InChI=1S/C12H22N2O/c1-5-11(6-2)14-9-12(15)13-8-7-10(3)4/h1,10-11,14H,6-9H2,2-4H3,(H,13,15). The van der Waals surface area contributed by atoms with Gasteiger partial charge in [-0.3, -0.25) is 10.1 Å². The molecule has 0 bridgehead atoms. The van der Waals surface area contributed by atoms with Crippen molar-refractivity contribution in [2.45, 2.75) is 39.7 Å². The minimum absolute atomic E-state index is 0.000786. The Morgan fingerprint density at radius 3 is 2.60 bits per heavy atom. The summed E-state index contributed by atoms with van der Waals surface area (Å²) in [7, 11) is 0. The first-order valence-electron chi connectivity index (χ1n) is 5.56. The monoisotopic (exact) mass is 210 g/mol. The van der Waals surface area contributed by atoms with E-state index in [1.54, 1.807) is 0 Å². The molecule has 0 spiro atoms. The van der Waals surface area contributed by atoms with Crippen molar-refractivity contribution in [1.82, 2.24) is 10.6 Å². The highest BCUT2D eigenvalue weighted by atomic mass is 16.1. The molecule has 15 heavy (non-hydrogen) atoms. The van der Waals surface area contributed by atoms with Crippen molar-refractivity contribution in [1.29, 1.82) is 0 Å². The molecule has 0 fully saturated rings. The van der Waals surface area contributed by atoms with Gasteiger partial charge in [0.15, 0.2) is 0 Å². The fourth-order valence-corrected chi connectivity index (χ4v) is 1.10. The highest BCUT2D eigenvalue weighted by Gasteiger charge is 2.04. The van der Waals surface area contributed by atoms with Gasteiger partial charge in [0.1, 0.15) is 0 Å². The van der Waals surface area contributed by atoms with Crippen molar-refractivity contribution in [3.63, 3.8) is 0 Å². The first kappa shape index (κ1) is 14.0. The molecule has 0 aliphatic heterocycles. The first-order valence-corrected chi connectivity index (χ1v) is 5.56. The van der Waals surface area contributed by atoms with Crippen LogP contribution in [0, 0.1) is 18.3 Å². The third kappa shape index (κ3) is 8.02. The van der Waals surface area contributed by atoms with Crippen molar-refractivity contribution in [3.05, 3.63) is 0 Å². The average molecular weight is 210 g/mol. The minimum Gasteiger partial charge on any atom is -0.355 e. The molecule has 0 aromatic rings. The molecule has 1 amide bonds. The first-order chi connectivity index (χ1) is 7.10. The van der Waals surface area contributed by atoms with Gasteiger partial charge in [0.2, 0.25) is 5.91 Å². The molecule has 0 heterocycles. The lowest BCUT2D eigenvalue weighted by molar-refractivity contribution is -0.120. The summed E-state index contributed by atoms with van der Waals surface area (Å²) in [6.45, 7) is 7.31. The Labute approximate surface area is 93.0 Å². The zero-order valence-electron chi connectivity index (χ0n) is 9.97. The van der Waals surface area contributed by atoms with Crippen molar-refractivity contribution in [2.24, 2.45) is 5.92 Å². The van der Waals surface area contributed by atoms with Gasteiger partial charge in [-0.15, -0.1) is 6.42 Å². The molecule has 1 atom stereocenters. The lowest BCUT2D eigenvalue weighted by Crippen LogP contribution is -2.38. The van der Waals surface area contributed by atoms with E-state index in [0.29, 0.717) is 12.5 Å². The second kappa shape index (κ2) is 8.31. The molecule has 0 aliphatic rings. The number of rotatable bonds is 7. The van der Waals surface area contributed by atoms with Crippen LogP contribution in [0.5, 0.6) is 0 Å². The van der Waals surface area contributed by atoms with E-state index in [2.05, 4.69) is 30.4 Å². The lowest BCUT2D eigenvalue weighted by atomic mass is 10.1. The molecule has 2 N–H and O–H groups in total. The van der Waals surface area contributed by atoms with Gasteiger partial charge in [-0.2, -0.15) is 0 Å². The van der Waals surface area contributed by atoms with Gasteiger partial charge in [-0.25, -0.2) is 0 Å². The maximum atomic E-state index is 11.3. The highest BCUT2D eigenvalue weighted by Crippen LogP contribution is 1.95. The normalized spacial score (nSPS) is 12.2. The van der Waals surface area contributed by atoms with Gasteiger partial charge < -0.3 is 5.32 Å². The van der Waals surface area contributed by atoms with Crippen LogP contribution in [0.15, 0.2) is 0 Å². The molecular weight excluding hydrogens is 188 g/mol. The van der Waals surface area contributed by atoms with Crippen LogP contribution in [0.1, 0.15) is 33.6 Å². The number of hydrogen-bond acceptors (Lipinski definition) is 2. The number of nitrogens with one attached hydrogen (secondary N) is 2. The predicted octanol–water partition coefficient (Wildman–Crippen LogP) is 1.15. The van der Waals surface area contributed by atoms with Crippen molar-refractivity contribution >= 4 is 5.91 Å². The van der Waals surface area contributed by atoms with E-state index in [-0.39, 0.29) is 11.9 Å². The summed E-state index contributed by atoms with van der Waals surface area (Å²) >= 11 is 0. The molecule has 0 rings (SSSR count). The summed E-state index contributed by atoms with van der Waals surface area (Å²) in [4.78, 5) is 11.3. The van der Waals surface area contributed by atoms with Crippen LogP contribution in [0.2, 0.25) is 0 Å². The summed E-state index contributed by atoms with van der Waals surface area (Å²) in [6.07, 6.45) is 7.12. The summed E-state index contributed by atoms with van der Waals surface area (Å²) in [5, 5.41) is 5.86. The van der Waals surface area contributed by atoms with Gasteiger partial charge in [-0.05, 0) is 18.8 Å². The summed E-state index contributed by atoms with van der Waals surface area (Å²) in [6, 6.07) is 0.000786. The summed E-state index contributed by atoms with van der Waals surface area (Å²) in [5.74, 6) is 3.23. The maximum absolute atomic E-state index is 11.3. The summed E-state index contributed by atoms with van der Waals surface area (Å²) in [5.41, 5.74) is 0. The van der Waals surface area contributed by atoms with E-state index < -0.39 is 0 Å². The molecule has 0 saturated carbocycles. The van der Waals surface area contributed by atoms with Crippen molar-refractivity contribution < 1.29 is 4.79 Å². The fraction of sp³-hybridized carbons (Fsp3) is 0.750. The van der Waals surface area contributed by atoms with E-state index >= 15 is 0 Å². The van der Waals surface area contributed by atoms with Gasteiger partial charge in [0.05, 0.1) is 12.6 Å². The Balaban J connectivity index is 3.54. The van der Waals surface area contributed by atoms with E-state index in [4.69, 9.17) is 6.42 Å². The summed E-state index contributed by atoms with van der Waals surface area (Å²) < 4.78 is 0. The Morgan fingerprint density at radius 1 is 1.47 bits per heavy atom. The molecule has 3 heteroatoms. The van der Waals surface area contributed by atoms with Crippen LogP contribution in [0.4, 0.5) is 0 Å². The Hall–Kier alpha value is -1.01. The van der Waals surface area contributed by atoms with Crippen LogP contribution in [-0.4, -0.2) is 25.0 Å². The zero-order valence-corrected chi connectivity index (χ0v) is 9.97. The van der Waals surface area contributed by atoms with Crippen LogP contribution in [0.3, 0.4) is 0 Å². The molecule has 0 aromatic heterocycles. The van der Waals surface area contributed by atoms with E-state index in [0.717, 1.165) is 19.4 Å². The zero-order chi connectivity index (χ0) is 11.7. The van der Waals surface area contributed by atoms with Gasteiger partial charge in [0, 0.05) is 6.54 Å². The van der Waals surface area contributed by atoms with Crippen molar-refractivity contribution in [3.8, 4) is 12.3 Å². The van der Waals surface area contributed by atoms with Crippen LogP contribution in [-0.2, 0) is 4.79 Å². The number of amides is 1. The van der Waals surface area contributed by atoms with Crippen LogP contribution < -0.4 is 10.6 Å². The second-order valence-electron chi connectivity index (χ2n) is 4.04. The Kier molecular flexibility index (Phi) is 7.75. The molecule has 1 unspecified atom stereocenters. The maximum Gasteiger partial charge on any atom is 0.233 e. The number of hydrogen-bond donors (Lipinski definition) is 2. The SMILES string of the molecule is C#CC(CC)NCC(=O)NCCC(C)C. The average Bonchev–Trinajstić information content (AvgIpc) is 2.18. The molecule has 86 valence electrons. The molecule has 3 nitrogen and oxygen atoms in total. The third-order valence-corrected chi connectivity index (χ3v) is 2.16. The smallest absolute Gasteiger partial charge is 0.233 e. The van der Waals surface area contributed by atoms with Crippen molar-refractivity contribution in [2.75, 3.05) is 13.1 Å². The molecule has 0 aromatic carbocycles. The third-order valence-electron chi connectivity index (χ3n) is 2.16.